The molecule has 2 aliphatic rings. The lowest BCUT2D eigenvalue weighted by molar-refractivity contribution is -0.182. The summed E-state index contributed by atoms with van der Waals surface area (Å²) < 4.78 is 43.5. The van der Waals surface area contributed by atoms with Crippen LogP contribution in [0.5, 0.6) is 0 Å². The minimum atomic E-state index is -4.23. The Bertz CT molecular complexity index is 1890. The van der Waals surface area contributed by atoms with Crippen molar-refractivity contribution in [2.45, 2.75) is 78.3 Å². The molecule has 16 heteroatoms. The second kappa shape index (κ2) is 13.3. The molecule has 2 amide bonds. The molecule has 2 aromatic heterocycles. The lowest BCUT2D eigenvalue weighted by Gasteiger charge is -2.32. The first-order chi connectivity index (χ1) is 23.1. The first-order valence-corrected chi connectivity index (χ1v) is 16.9. The minimum Gasteiger partial charge on any atom is -0.361 e. The largest absolute Gasteiger partial charge is 0.391 e. The van der Waals surface area contributed by atoms with Crippen LogP contribution in [0.2, 0.25) is 10.0 Å². The summed E-state index contributed by atoms with van der Waals surface area (Å²) in [4.78, 5) is 37.5. The molecular weight excluding hydrogens is 682 g/mol. The fourth-order valence-corrected chi connectivity index (χ4v) is 6.81. The number of carbonyl (C=O) groups is 2. The van der Waals surface area contributed by atoms with E-state index in [4.69, 9.17) is 28.2 Å². The second-order valence-electron chi connectivity index (χ2n) is 13.7. The van der Waals surface area contributed by atoms with Crippen molar-refractivity contribution in [2.75, 3.05) is 16.8 Å². The number of aromatic nitrogens is 5. The molecule has 49 heavy (non-hydrogen) atoms. The molecule has 2 aromatic carbocycles. The molecule has 0 unspecified atom stereocenters. The molecule has 262 valence electrons. The van der Waals surface area contributed by atoms with Crippen molar-refractivity contribution in [3.8, 4) is 0 Å². The Morgan fingerprint density at radius 2 is 1.78 bits per heavy atom. The van der Waals surface area contributed by atoms with Gasteiger partial charge >= 0.3 is 6.18 Å². The van der Waals surface area contributed by atoms with E-state index in [9.17, 15) is 22.8 Å². The molecule has 1 aliphatic carbocycles. The van der Waals surface area contributed by atoms with E-state index in [0.29, 0.717) is 69.2 Å². The highest BCUT2D eigenvalue weighted by Crippen LogP contribution is 2.39. The summed E-state index contributed by atoms with van der Waals surface area (Å²) in [7, 11) is 1.82. The zero-order valence-electron chi connectivity index (χ0n) is 27.6. The molecule has 0 saturated heterocycles. The van der Waals surface area contributed by atoms with E-state index in [-0.39, 0.29) is 50.1 Å². The van der Waals surface area contributed by atoms with Gasteiger partial charge in [-0.1, -0.05) is 50.0 Å². The monoisotopic (exact) mass is 719 g/mol. The van der Waals surface area contributed by atoms with Crippen LogP contribution in [-0.2, 0) is 31.5 Å². The number of nitrogens with one attached hydrogen (secondary N) is 3. The van der Waals surface area contributed by atoms with Crippen molar-refractivity contribution < 1.29 is 22.8 Å². The molecule has 0 radical (unpaired) electrons. The summed E-state index contributed by atoms with van der Waals surface area (Å²) in [6, 6.07) is 6.66. The van der Waals surface area contributed by atoms with Crippen LogP contribution < -0.4 is 20.9 Å². The number of anilines is 3. The quantitative estimate of drug-likeness (QED) is 0.193. The topological polar surface area (TPSA) is 122 Å². The number of benzene rings is 2. The molecule has 11 nitrogen and oxygen atoms in total. The average molecular weight is 721 g/mol. The van der Waals surface area contributed by atoms with Crippen LogP contribution in [0, 0.1) is 11.3 Å². The number of carbonyl (C=O) groups excluding carboxylic acids is 2. The number of hydrogen-bond donors (Lipinski definition) is 3. The standard InChI is InChI=1S/C33H38Cl2F3N9O2/c1-32(2,3)30(49)39-15-18-5-10-22(34)28(27(18)35)44-31-43-23-13-21(29(48)42-20-8-6-19(7-9-20)33(36,37)38)24(14-25(23)45(31)4)46-11-12-47-26(16-46)40-17-41-47/h5,10,13-14,17,19-20H,6-9,11-12,15-16H2,1-4H3,(H,39,49)(H,42,48)(H,43,44). The summed E-state index contributed by atoms with van der Waals surface area (Å²) in [5.41, 5.74) is 2.73. The maximum Gasteiger partial charge on any atom is 0.391 e. The Hall–Kier alpha value is -4.04. The Balaban J connectivity index is 1.31. The van der Waals surface area contributed by atoms with Crippen LogP contribution in [0.15, 0.2) is 30.6 Å². The third-order valence-electron chi connectivity index (χ3n) is 9.25. The van der Waals surface area contributed by atoms with Gasteiger partial charge in [-0.25, -0.2) is 14.6 Å². The molecule has 3 heterocycles. The number of hydrogen-bond acceptors (Lipinski definition) is 7. The smallest absolute Gasteiger partial charge is 0.361 e. The SMILES string of the molecule is Cn1c(Nc2c(Cl)ccc(CNC(=O)C(C)(C)C)c2Cl)nc2cc(C(=O)NC3CCC(C(F)(F)F)CC3)c(N3CCn4ncnc4C3)cc21. The molecule has 1 saturated carbocycles. The molecule has 4 aromatic rings. The highest BCUT2D eigenvalue weighted by molar-refractivity contribution is 6.39. The molecule has 1 fully saturated rings. The van der Waals surface area contributed by atoms with Gasteiger partial charge in [0.2, 0.25) is 11.9 Å². The Labute approximate surface area is 291 Å². The minimum absolute atomic E-state index is 0.0212. The van der Waals surface area contributed by atoms with Crippen LogP contribution in [-0.4, -0.2) is 54.9 Å². The van der Waals surface area contributed by atoms with E-state index in [1.165, 1.54) is 6.33 Å². The van der Waals surface area contributed by atoms with Crippen LogP contribution in [0.3, 0.4) is 0 Å². The Kier molecular flexibility index (Phi) is 9.48. The highest BCUT2D eigenvalue weighted by atomic mass is 35.5. The predicted octanol–water partition coefficient (Wildman–Crippen LogP) is 6.75. The number of amides is 2. The zero-order chi connectivity index (χ0) is 35.2. The fraction of sp³-hybridized carbons (Fsp3) is 0.485. The van der Waals surface area contributed by atoms with Crippen molar-refractivity contribution in [3.05, 3.63) is 57.6 Å². The molecule has 3 N–H and O–H groups in total. The van der Waals surface area contributed by atoms with Gasteiger partial charge < -0.3 is 25.4 Å². The van der Waals surface area contributed by atoms with Gasteiger partial charge in [-0.3, -0.25) is 9.59 Å². The average Bonchev–Trinajstić information content (AvgIpc) is 3.64. The van der Waals surface area contributed by atoms with Gasteiger partial charge in [-0.05, 0) is 49.4 Å². The van der Waals surface area contributed by atoms with Gasteiger partial charge in [-0.15, -0.1) is 0 Å². The first kappa shape index (κ1) is 34.8. The van der Waals surface area contributed by atoms with Crippen molar-refractivity contribution in [3.63, 3.8) is 0 Å². The van der Waals surface area contributed by atoms with Crippen LogP contribution in [0.1, 0.15) is 68.2 Å². The van der Waals surface area contributed by atoms with E-state index >= 15 is 0 Å². The third kappa shape index (κ3) is 7.30. The lowest BCUT2D eigenvalue weighted by Crippen LogP contribution is -2.41. The van der Waals surface area contributed by atoms with Crippen molar-refractivity contribution in [2.24, 2.45) is 18.4 Å². The van der Waals surface area contributed by atoms with Crippen molar-refractivity contribution in [1.29, 1.82) is 0 Å². The summed E-state index contributed by atoms with van der Waals surface area (Å²) in [6.45, 7) is 7.21. The van der Waals surface area contributed by atoms with Gasteiger partial charge in [0, 0.05) is 31.6 Å². The zero-order valence-corrected chi connectivity index (χ0v) is 29.1. The maximum atomic E-state index is 13.9. The number of fused-ring (bicyclic) bond motifs is 2. The summed E-state index contributed by atoms with van der Waals surface area (Å²) >= 11 is 13.4. The summed E-state index contributed by atoms with van der Waals surface area (Å²) in [5, 5.41) is 14.1. The molecule has 1 aliphatic heterocycles. The van der Waals surface area contributed by atoms with Crippen LogP contribution in [0.25, 0.3) is 11.0 Å². The third-order valence-corrected chi connectivity index (χ3v) is 9.99. The second-order valence-corrected chi connectivity index (χ2v) is 14.5. The lowest BCUT2D eigenvalue weighted by atomic mass is 9.85. The van der Waals surface area contributed by atoms with E-state index in [1.54, 1.807) is 18.2 Å². The number of aryl methyl sites for hydroxylation is 1. The number of nitrogens with zero attached hydrogens (tertiary/aromatic N) is 6. The number of imidazole rings is 1. The Morgan fingerprint density at radius 3 is 2.47 bits per heavy atom. The molecular formula is C33H38Cl2F3N9O2. The van der Waals surface area contributed by atoms with Gasteiger partial charge in [0.05, 0.1) is 57.0 Å². The van der Waals surface area contributed by atoms with Gasteiger partial charge in [0.25, 0.3) is 5.91 Å². The van der Waals surface area contributed by atoms with E-state index < -0.39 is 17.5 Å². The summed E-state index contributed by atoms with van der Waals surface area (Å²) in [6.07, 6.45) is -2.28. The highest BCUT2D eigenvalue weighted by Gasteiger charge is 2.41. The number of halogens is 5. The molecule has 0 bridgehead atoms. The normalized spacial score (nSPS) is 18.3. The maximum absolute atomic E-state index is 13.9. The van der Waals surface area contributed by atoms with Gasteiger partial charge in [0.15, 0.2) is 0 Å². The van der Waals surface area contributed by atoms with Crippen LogP contribution >= 0.6 is 23.2 Å². The van der Waals surface area contributed by atoms with Crippen molar-refractivity contribution in [1.82, 2.24) is 34.9 Å². The predicted molar refractivity (Wildman–Crippen MR) is 182 cm³/mol. The number of alkyl halides is 3. The first-order valence-electron chi connectivity index (χ1n) is 16.1. The Morgan fingerprint density at radius 1 is 1.04 bits per heavy atom. The van der Waals surface area contributed by atoms with Crippen LogP contribution in [0.4, 0.5) is 30.5 Å². The van der Waals surface area contributed by atoms with Gasteiger partial charge in [0.1, 0.15) is 12.2 Å². The summed E-state index contributed by atoms with van der Waals surface area (Å²) in [5.74, 6) is -0.694. The van der Waals surface area contributed by atoms with E-state index in [0.717, 1.165) is 5.82 Å². The van der Waals surface area contributed by atoms with Gasteiger partial charge in [-0.2, -0.15) is 18.3 Å². The van der Waals surface area contributed by atoms with E-state index in [2.05, 4.69) is 26.0 Å². The molecule has 0 atom stereocenters. The molecule has 0 spiro atoms. The fourth-order valence-electron chi connectivity index (χ4n) is 6.28. The van der Waals surface area contributed by atoms with E-state index in [1.807, 2.05) is 48.0 Å². The molecule has 6 rings (SSSR count). The number of rotatable bonds is 7. The van der Waals surface area contributed by atoms with Crippen molar-refractivity contribution >= 4 is 63.4 Å².